The van der Waals surface area contributed by atoms with E-state index < -0.39 is 0 Å². The Hall–Kier alpha value is -3.32. The van der Waals surface area contributed by atoms with E-state index in [0.717, 1.165) is 16.2 Å². The normalized spacial score (nSPS) is 10.7. The summed E-state index contributed by atoms with van der Waals surface area (Å²) < 4.78 is 5.45. The molecule has 6 nitrogen and oxygen atoms in total. The average molecular weight is 466 g/mol. The Labute approximate surface area is 199 Å². The summed E-state index contributed by atoms with van der Waals surface area (Å²) in [7, 11) is 0. The van der Waals surface area contributed by atoms with Gasteiger partial charge in [-0.25, -0.2) is 4.79 Å². The molecule has 33 heavy (non-hydrogen) atoms. The number of hydrogen-bond acceptors (Lipinski definition) is 4. The molecule has 3 aromatic rings. The number of carbonyl (C=O) groups is 2. The molecule has 174 valence electrons. The second-order valence-corrected chi connectivity index (χ2v) is 8.96. The number of rotatable bonds is 10. The third-order valence-electron chi connectivity index (χ3n) is 5.10. The van der Waals surface area contributed by atoms with Crippen LogP contribution >= 0.6 is 11.3 Å². The number of nitrogens with zero attached hydrogens (tertiary/aromatic N) is 2. The van der Waals surface area contributed by atoms with Crippen molar-refractivity contribution in [2.24, 2.45) is 0 Å². The standard InChI is InChI=1S/C26H31N3O3S/c1-4-32-23-14-12-22(13-15-23)27-26(31)29(20(2)3)19-25(30)28(18-24-11-8-16-33-24)17-21-9-6-5-7-10-21/h5-16,20H,4,17-19H2,1-3H3,(H,27,31). The molecule has 0 saturated heterocycles. The summed E-state index contributed by atoms with van der Waals surface area (Å²) in [5, 5.41) is 4.90. The highest BCUT2D eigenvalue weighted by molar-refractivity contribution is 7.09. The molecular weight excluding hydrogens is 434 g/mol. The van der Waals surface area contributed by atoms with E-state index in [2.05, 4.69) is 5.32 Å². The molecule has 0 aliphatic carbocycles. The van der Waals surface area contributed by atoms with Crippen LogP contribution in [0.5, 0.6) is 5.75 Å². The van der Waals surface area contributed by atoms with Gasteiger partial charge >= 0.3 is 6.03 Å². The Balaban J connectivity index is 1.70. The van der Waals surface area contributed by atoms with Gasteiger partial charge in [0.25, 0.3) is 0 Å². The molecule has 0 fully saturated rings. The van der Waals surface area contributed by atoms with Crippen molar-refractivity contribution in [1.29, 1.82) is 0 Å². The summed E-state index contributed by atoms with van der Waals surface area (Å²) in [6, 6.07) is 20.7. The molecule has 1 aromatic heterocycles. The molecule has 0 radical (unpaired) electrons. The third-order valence-corrected chi connectivity index (χ3v) is 5.96. The number of amides is 3. The van der Waals surface area contributed by atoms with E-state index in [9.17, 15) is 9.59 Å². The first kappa shape index (κ1) is 24.3. The molecule has 3 rings (SSSR count). The number of carbonyl (C=O) groups excluding carboxylic acids is 2. The van der Waals surface area contributed by atoms with Crippen molar-refractivity contribution in [2.45, 2.75) is 39.9 Å². The SMILES string of the molecule is CCOc1ccc(NC(=O)N(CC(=O)N(Cc2ccccc2)Cc2cccs2)C(C)C)cc1. The van der Waals surface area contributed by atoms with Crippen molar-refractivity contribution in [3.8, 4) is 5.75 Å². The molecule has 0 saturated carbocycles. The molecule has 0 bridgehead atoms. The van der Waals surface area contributed by atoms with Crippen LogP contribution in [0.1, 0.15) is 31.2 Å². The van der Waals surface area contributed by atoms with E-state index in [1.165, 1.54) is 0 Å². The summed E-state index contributed by atoms with van der Waals surface area (Å²) in [6.45, 7) is 7.32. The number of hydrogen-bond donors (Lipinski definition) is 1. The van der Waals surface area contributed by atoms with Gasteiger partial charge in [-0.2, -0.15) is 0 Å². The Morgan fingerprint density at radius 1 is 0.970 bits per heavy atom. The zero-order chi connectivity index (χ0) is 23.6. The number of benzene rings is 2. The smallest absolute Gasteiger partial charge is 0.322 e. The topological polar surface area (TPSA) is 61.9 Å². The number of nitrogens with one attached hydrogen (secondary N) is 1. The van der Waals surface area contributed by atoms with Gasteiger partial charge in [0.05, 0.1) is 13.2 Å². The highest BCUT2D eigenvalue weighted by atomic mass is 32.1. The molecule has 7 heteroatoms. The van der Waals surface area contributed by atoms with Crippen molar-refractivity contribution in [2.75, 3.05) is 18.5 Å². The van der Waals surface area contributed by atoms with Gasteiger partial charge in [0.1, 0.15) is 12.3 Å². The van der Waals surface area contributed by atoms with Crippen LogP contribution in [0, 0.1) is 0 Å². The molecule has 1 N–H and O–H groups in total. The van der Waals surface area contributed by atoms with Crippen LogP contribution in [0.2, 0.25) is 0 Å². The van der Waals surface area contributed by atoms with Gasteiger partial charge in [-0.05, 0) is 62.0 Å². The van der Waals surface area contributed by atoms with Crippen LogP contribution in [0.3, 0.4) is 0 Å². The molecule has 0 atom stereocenters. The first-order valence-electron chi connectivity index (χ1n) is 11.1. The number of thiophene rings is 1. The third kappa shape index (κ3) is 7.36. The van der Waals surface area contributed by atoms with E-state index >= 15 is 0 Å². The lowest BCUT2D eigenvalue weighted by atomic mass is 10.2. The highest BCUT2D eigenvalue weighted by Gasteiger charge is 2.24. The van der Waals surface area contributed by atoms with E-state index in [0.29, 0.717) is 25.4 Å². The van der Waals surface area contributed by atoms with Crippen LogP contribution in [-0.4, -0.2) is 40.9 Å². The predicted molar refractivity (Wildman–Crippen MR) is 133 cm³/mol. The molecular formula is C26H31N3O3S. The van der Waals surface area contributed by atoms with Crippen molar-refractivity contribution in [1.82, 2.24) is 9.80 Å². The fraction of sp³-hybridized carbons (Fsp3) is 0.308. The van der Waals surface area contributed by atoms with Crippen LogP contribution < -0.4 is 10.1 Å². The summed E-state index contributed by atoms with van der Waals surface area (Å²) >= 11 is 1.62. The first-order valence-corrected chi connectivity index (χ1v) is 12.0. The van der Waals surface area contributed by atoms with Crippen molar-refractivity contribution in [3.05, 3.63) is 82.6 Å². The van der Waals surface area contributed by atoms with Crippen LogP contribution in [0.15, 0.2) is 72.1 Å². The second kappa shape index (κ2) is 12.1. The fourth-order valence-corrected chi connectivity index (χ4v) is 4.08. The van der Waals surface area contributed by atoms with Gasteiger partial charge in [-0.1, -0.05) is 36.4 Å². The minimum Gasteiger partial charge on any atom is -0.494 e. The van der Waals surface area contributed by atoms with E-state index in [-0.39, 0.29) is 24.5 Å². The summed E-state index contributed by atoms with van der Waals surface area (Å²) in [4.78, 5) is 30.8. The lowest BCUT2D eigenvalue weighted by Crippen LogP contribution is -2.47. The minimum absolute atomic E-state index is 0.00125. The average Bonchev–Trinajstić information content (AvgIpc) is 3.32. The summed E-state index contributed by atoms with van der Waals surface area (Å²) in [5.41, 5.74) is 1.71. The Bertz CT molecular complexity index is 1010. The summed E-state index contributed by atoms with van der Waals surface area (Å²) in [5.74, 6) is 0.652. The quantitative estimate of drug-likeness (QED) is 0.423. The lowest BCUT2D eigenvalue weighted by Gasteiger charge is -2.30. The second-order valence-electron chi connectivity index (χ2n) is 7.92. The van der Waals surface area contributed by atoms with E-state index in [1.54, 1.807) is 33.3 Å². The monoisotopic (exact) mass is 465 g/mol. The van der Waals surface area contributed by atoms with Crippen LogP contribution in [0.4, 0.5) is 10.5 Å². The van der Waals surface area contributed by atoms with Crippen molar-refractivity contribution < 1.29 is 14.3 Å². The molecule has 0 aliphatic heterocycles. The van der Waals surface area contributed by atoms with E-state index in [4.69, 9.17) is 4.74 Å². The maximum Gasteiger partial charge on any atom is 0.322 e. The first-order chi connectivity index (χ1) is 16.0. The molecule has 3 amide bonds. The molecule has 0 aliphatic rings. The molecule has 0 spiro atoms. The number of urea groups is 1. The lowest BCUT2D eigenvalue weighted by molar-refractivity contribution is -0.133. The maximum absolute atomic E-state index is 13.4. The number of anilines is 1. The maximum atomic E-state index is 13.4. The largest absolute Gasteiger partial charge is 0.494 e. The summed E-state index contributed by atoms with van der Waals surface area (Å²) in [6.07, 6.45) is 0. The highest BCUT2D eigenvalue weighted by Crippen LogP contribution is 2.18. The van der Waals surface area contributed by atoms with Gasteiger partial charge < -0.3 is 19.9 Å². The van der Waals surface area contributed by atoms with Crippen LogP contribution in [0.25, 0.3) is 0 Å². The zero-order valence-corrected chi connectivity index (χ0v) is 20.2. The van der Waals surface area contributed by atoms with Gasteiger partial charge in [-0.3, -0.25) is 4.79 Å². The van der Waals surface area contributed by atoms with Crippen molar-refractivity contribution >= 4 is 29.0 Å². The van der Waals surface area contributed by atoms with Crippen LogP contribution in [-0.2, 0) is 17.9 Å². The van der Waals surface area contributed by atoms with E-state index in [1.807, 2.05) is 80.7 Å². The number of ether oxygens (including phenoxy) is 1. The van der Waals surface area contributed by atoms with Gasteiger partial charge in [0.15, 0.2) is 0 Å². The zero-order valence-electron chi connectivity index (χ0n) is 19.4. The van der Waals surface area contributed by atoms with Gasteiger partial charge in [0.2, 0.25) is 5.91 Å². The van der Waals surface area contributed by atoms with Gasteiger partial charge in [-0.15, -0.1) is 11.3 Å². The fourth-order valence-electron chi connectivity index (χ4n) is 3.36. The molecule has 1 heterocycles. The Morgan fingerprint density at radius 2 is 1.70 bits per heavy atom. The Kier molecular flexibility index (Phi) is 8.89. The molecule has 0 unspecified atom stereocenters. The van der Waals surface area contributed by atoms with Gasteiger partial charge in [0, 0.05) is 23.2 Å². The minimum atomic E-state index is -0.307. The van der Waals surface area contributed by atoms with Crippen molar-refractivity contribution in [3.63, 3.8) is 0 Å². The Morgan fingerprint density at radius 3 is 2.30 bits per heavy atom. The predicted octanol–water partition coefficient (Wildman–Crippen LogP) is 5.62. The molecule has 2 aromatic carbocycles.